The largest absolute Gasteiger partial charge is 0.364 e. The fourth-order valence-corrected chi connectivity index (χ4v) is 2.00. The fourth-order valence-electron chi connectivity index (χ4n) is 1.64. The van der Waals surface area contributed by atoms with Gasteiger partial charge in [0.15, 0.2) is 0 Å². The van der Waals surface area contributed by atoms with Crippen LogP contribution in [0.2, 0.25) is 0 Å². The van der Waals surface area contributed by atoms with Crippen LogP contribution in [0.15, 0.2) is 24.3 Å². The van der Waals surface area contributed by atoms with Crippen LogP contribution >= 0.6 is 11.8 Å². The van der Waals surface area contributed by atoms with Crippen molar-refractivity contribution >= 4 is 28.6 Å². The predicted octanol–water partition coefficient (Wildman–Crippen LogP) is 2.05. The van der Waals surface area contributed by atoms with E-state index in [-0.39, 0.29) is 0 Å². The molecule has 0 saturated carbocycles. The van der Waals surface area contributed by atoms with E-state index in [9.17, 15) is 4.79 Å². The molecular weight excluding hydrogens is 200 g/mol. The molecule has 1 aromatic carbocycles. The Kier molecular flexibility index (Phi) is 1.97. The topological polar surface area (TPSA) is 48.0 Å². The summed E-state index contributed by atoms with van der Waals surface area (Å²) in [7, 11) is 0. The van der Waals surface area contributed by atoms with Crippen LogP contribution in [0, 0.1) is 6.92 Å². The standard InChI is InChI=1S/C10H9ClN2O/c1-6-7-4-2-3-5-8(7)13(11)9(6)10(12)14/h2-5H,1H3,(H2,12,14). The molecule has 2 aromatic rings. The van der Waals surface area contributed by atoms with Gasteiger partial charge < -0.3 is 5.73 Å². The Balaban J connectivity index is 2.92. The average molecular weight is 209 g/mol. The molecule has 0 aliphatic rings. The number of halogens is 1. The van der Waals surface area contributed by atoms with Gasteiger partial charge in [-0.15, -0.1) is 0 Å². The molecule has 3 nitrogen and oxygen atoms in total. The molecule has 1 heterocycles. The van der Waals surface area contributed by atoms with Gasteiger partial charge in [-0.25, -0.2) is 4.09 Å². The van der Waals surface area contributed by atoms with Gasteiger partial charge in [0, 0.05) is 17.2 Å². The third-order valence-electron chi connectivity index (χ3n) is 2.30. The fraction of sp³-hybridized carbons (Fsp3) is 0.100. The number of nitrogens with zero attached hydrogens (tertiary/aromatic N) is 1. The van der Waals surface area contributed by atoms with Gasteiger partial charge in [0.25, 0.3) is 5.91 Å². The van der Waals surface area contributed by atoms with E-state index < -0.39 is 5.91 Å². The molecule has 0 atom stereocenters. The molecule has 14 heavy (non-hydrogen) atoms. The predicted molar refractivity (Wildman–Crippen MR) is 56.4 cm³/mol. The van der Waals surface area contributed by atoms with Gasteiger partial charge in [-0.1, -0.05) is 18.2 Å². The van der Waals surface area contributed by atoms with Crippen LogP contribution < -0.4 is 5.73 Å². The minimum Gasteiger partial charge on any atom is -0.364 e. The average Bonchev–Trinajstić information content (AvgIpc) is 2.41. The molecule has 0 unspecified atom stereocenters. The smallest absolute Gasteiger partial charge is 0.266 e. The summed E-state index contributed by atoms with van der Waals surface area (Å²) in [4.78, 5) is 11.1. The number of carbonyl (C=O) groups is 1. The first-order valence-corrected chi connectivity index (χ1v) is 4.52. The summed E-state index contributed by atoms with van der Waals surface area (Å²) in [6.07, 6.45) is 0. The van der Waals surface area contributed by atoms with E-state index in [0.29, 0.717) is 5.69 Å². The summed E-state index contributed by atoms with van der Waals surface area (Å²) in [5, 5.41) is 0.955. The molecular formula is C10H9ClN2O. The summed E-state index contributed by atoms with van der Waals surface area (Å²) in [5.74, 6) is -0.506. The van der Waals surface area contributed by atoms with Crippen molar-refractivity contribution in [3.8, 4) is 0 Å². The summed E-state index contributed by atoms with van der Waals surface area (Å²) < 4.78 is 1.31. The lowest BCUT2D eigenvalue weighted by Gasteiger charge is -1.96. The van der Waals surface area contributed by atoms with Crippen LogP contribution in [-0.2, 0) is 0 Å². The van der Waals surface area contributed by atoms with Crippen LogP contribution in [0.1, 0.15) is 16.1 Å². The number of hydrogen-bond donors (Lipinski definition) is 1. The summed E-state index contributed by atoms with van der Waals surface area (Å²) in [5.41, 5.74) is 7.22. The normalized spacial score (nSPS) is 10.7. The minimum atomic E-state index is -0.506. The maximum atomic E-state index is 11.1. The number of aromatic nitrogens is 1. The van der Waals surface area contributed by atoms with Gasteiger partial charge in [-0.3, -0.25) is 4.79 Å². The summed E-state index contributed by atoms with van der Waals surface area (Å²) in [6, 6.07) is 7.53. The van der Waals surface area contributed by atoms with E-state index in [1.165, 1.54) is 4.09 Å². The molecule has 0 saturated heterocycles. The highest BCUT2D eigenvalue weighted by Gasteiger charge is 2.16. The second kappa shape index (κ2) is 3.03. The minimum absolute atomic E-state index is 0.355. The molecule has 0 aliphatic carbocycles. The maximum Gasteiger partial charge on any atom is 0.266 e. The van der Waals surface area contributed by atoms with Gasteiger partial charge in [-0.05, 0) is 18.6 Å². The molecule has 72 valence electrons. The Morgan fingerprint density at radius 2 is 2.07 bits per heavy atom. The molecule has 0 fully saturated rings. The van der Waals surface area contributed by atoms with Crippen molar-refractivity contribution in [2.24, 2.45) is 5.73 Å². The van der Waals surface area contributed by atoms with Gasteiger partial charge >= 0.3 is 0 Å². The monoisotopic (exact) mass is 208 g/mol. The number of aryl methyl sites for hydroxylation is 1. The number of fused-ring (bicyclic) bond motifs is 1. The zero-order chi connectivity index (χ0) is 10.3. The van der Waals surface area contributed by atoms with Crippen molar-refractivity contribution in [3.05, 3.63) is 35.5 Å². The van der Waals surface area contributed by atoms with Crippen LogP contribution in [0.4, 0.5) is 0 Å². The van der Waals surface area contributed by atoms with Gasteiger partial charge in [0.05, 0.1) is 5.52 Å². The molecule has 0 bridgehead atoms. The number of benzene rings is 1. The maximum absolute atomic E-state index is 11.1. The van der Waals surface area contributed by atoms with E-state index in [1.807, 2.05) is 31.2 Å². The first-order valence-electron chi connectivity index (χ1n) is 4.19. The van der Waals surface area contributed by atoms with Gasteiger partial charge in [-0.2, -0.15) is 0 Å². The first kappa shape index (κ1) is 9.09. The van der Waals surface area contributed by atoms with Gasteiger partial charge in [0.1, 0.15) is 5.69 Å². The van der Waals surface area contributed by atoms with Crippen molar-refractivity contribution in [3.63, 3.8) is 0 Å². The zero-order valence-electron chi connectivity index (χ0n) is 7.62. The van der Waals surface area contributed by atoms with Crippen LogP contribution in [0.3, 0.4) is 0 Å². The highest BCUT2D eigenvalue weighted by Crippen LogP contribution is 2.25. The third kappa shape index (κ3) is 1.09. The quantitative estimate of drug-likeness (QED) is 0.766. The molecule has 2 rings (SSSR count). The molecule has 1 aromatic heterocycles. The van der Waals surface area contributed by atoms with E-state index in [4.69, 9.17) is 17.5 Å². The Labute approximate surface area is 86.2 Å². The van der Waals surface area contributed by atoms with Gasteiger partial charge in [0.2, 0.25) is 0 Å². The lowest BCUT2D eigenvalue weighted by atomic mass is 10.1. The number of rotatable bonds is 1. The van der Waals surface area contributed by atoms with Crippen molar-refractivity contribution in [1.82, 2.24) is 4.09 Å². The highest BCUT2D eigenvalue weighted by atomic mass is 35.5. The number of hydrogen-bond acceptors (Lipinski definition) is 1. The number of nitrogens with two attached hydrogens (primary N) is 1. The second-order valence-corrected chi connectivity index (χ2v) is 3.47. The molecule has 1 amide bonds. The first-order chi connectivity index (χ1) is 6.63. The van der Waals surface area contributed by atoms with Crippen LogP contribution in [0.25, 0.3) is 10.9 Å². The van der Waals surface area contributed by atoms with E-state index >= 15 is 0 Å². The number of amides is 1. The Morgan fingerprint density at radius 1 is 1.43 bits per heavy atom. The third-order valence-corrected chi connectivity index (χ3v) is 2.66. The Bertz CT molecular complexity index is 477. The zero-order valence-corrected chi connectivity index (χ0v) is 8.38. The number of carbonyl (C=O) groups excluding carboxylic acids is 1. The summed E-state index contributed by atoms with van der Waals surface area (Å²) >= 11 is 5.97. The van der Waals surface area contributed by atoms with Crippen molar-refractivity contribution < 1.29 is 4.79 Å². The number of primary amides is 1. The SMILES string of the molecule is Cc1c(C(N)=O)n(Cl)c2ccccc12. The molecule has 2 N–H and O–H groups in total. The molecule has 0 aliphatic heterocycles. The second-order valence-electron chi connectivity index (χ2n) is 3.14. The van der Waals surface area contributed by atoms with Crippen molar-refractivity contribution in [1.29, 1.82) is 0 Å². The van der Waals surface area contributed by atoms with Crippen LogP contribution in [-0.4, -0.2) is 9.99 Å². The van der Waals surface area contributed by atoms with Crippen LogP contribution in [0.5, 0.6) is 0 Å². The highest BCUT2D eigenvalue weighted by molar-refractivity contribution is 6.23. The Morgan fingerprint density at radius 3 is 2.64 bits per heavy atom. The van der Waals surface area contributed by atoms with Crippen molar-refractivity contribution in [2.75, 3.05) is 0 Å². The summed E-state index contributed by atoms with van der Waals surface area (Å²) in [6.45, 7) is 1.83. The van der Waals surface area contributed by atoms with E-state index in [1.54, 1.807) is 0 Å². The number of para-hydroxylation sites is 1. The lowest BCUT2D eigenvalue weighted by molar-refractivity contribution is 0.0994. The van der Waals surface area contributed by atoms with E-state index in [0.717, 1.165) is 16.5 Å². The lowest BCUT2D eigenvalue weighted by Crippen LogP contribution is -2.14. The van der Waals surface area contributed by atoms with Crippen molar-refractivity contribution in [2.45, 2.75) is 6.92 Å². The van der Waals surface area contributed by atoms with E-state index in [2.05, 4.69) is 0 Å². The molecule has 0 radical (unpaired) electrons. The Hall–Kier alpha value is -1.48. The molecule has 4 heteroatoms. The molecule has 0 spiro atoms.